The third-order valence-electron chi connectivity index (χ3n) is 6.86. The molecular formula is C28H22F2N6O4S. The Balaban J connectivity index is 1.51. The minimum Gasteiger partial charge on any atom is -0.458 e. The number of aliphatic imine (C=N–C) groups is 1. The maximum atomic E-state index is 14.8. The summed E-state index contributed by atoms with van der Waals surface area (Å²) in [5, 5.41) is 7.94. The lowest BCUT2D eigenvalue weighted by atomic mass is 9.98. The van der Waals surface area contributed by atoms with E-state index in [1.165, 1.54) is 53.8 Å². The molecule has 0 spiro atoms. The van der Waals surface area contributed by atoms with Gasteiger partial charge in [0.2, 0.25) is 15.5 Å². The molecule has 1 aromatic heterocycles. The quantitative estimate of drug-likeness (QED) is 0.305. The van der Waals surface area contributed by atoms with Crippen LogP contribution in [0.1, 0.15) is 24.3 Å². The van der Waals surface area contributed by atoms with Crippen LogP contribution in [-0.2, 0) is 10.0 Å². The summed E-state index contributed by atoms with van der Waals surface area (Å²) in [7, 11) is -3.91. The molecule has 0 bridgehead atoms. The van der Waals surface area contributed by atoms with Crippen molar-refractivity contribution in [3.05, 3.63) is 118 Å². The van der Waals surface area contributed by atoms with Gasteiger partial charge >= 0.3 is 0 Å². The Kier molecular flexibility index (Phi) is 6.21. The number of benzene rings is 3. The van der Waals surface area contributed by atoms with Gasteiger partial charge < -0.3 is 4.42 Å². The Hall–Kier alpha value is -4.85. The van der Waals surface area contributed by atoms with Crippen molar-refractivity contribution in [3.63, 3.8) is 0 Å². The third kappa shape index (κ3) is 4.45. The molecule has 0 amide bonds. The Bertz CT molecular complexity index is 1990. The largest absolute Gasteiger partial charge is 0.458 e. The summed E-state index contributed by atoms with van der Waals surface area (Å²) in [6.45, 7) is 1.74. The first-order chi connectivity index (χ1) is 19.5. The average Bonchev–Trinajstić information content (AvgIpc) is 3.33. The van der Waals surface area contributed by atoms with Crippen LogP contribution in [0.4, 0.5) is 8.78 Å². The van der Waals surface area contributed by atoms with Crippen molar-refractivity contribution in [3.8, 4) is 11.1 Å². The fourth-order valence-electron chi connectivity index (χ4n) is 4.96. The SMILES string of the molecule is CC(c1oc2cccc(F)c2c(=O)c1-c1cccc(F)c1)N1NC(c2ccc(S(N)(=O)=O)cc2)=C2C1=CN=CN2N. The summed E-state index contributed by atoms with van der Waals surface area (Å²) in [6, 6.07) is 14.6. The summed E-state index contributed by atoms with van der Waals surface area (Å²) in [5.41, 5.74) is 4.91. The van der Waals surface area contributed by atoms with Crippen LogP contribution in [0.15, 0.2) is 103 Å². The minimum absolute atomic E-state index is 0.00609. The van der Waals surface area contributed by atoms with Crippen molar-refractivity contribution < 1.29 is 21.6 Å². The van der Waals surface area contributed by atoms with Gasteiger partial charge in [0.1, 0.15) is 52.1 Å². The molecule has 0 saturated heterocycles. The molecule has 13 heteroatoms. The molecule has 3 aromatic carbocycles. The lowest BCUT2D eigenvalue weighted by molar-refractivity contribution is 0.215. The number of nitrogens with two attached hydrogens (primary N) is 2. The molecule has 1 unspecified atom stereocenters. The lowest BCUT2D eigenvalue weighted by Crippen LogP contribution is -2.36. The van der Waals surface area contributed by atoms with E-state index >= 15 is 0 Å². The number of fused-ring (bicyclic) bond motifs is 2. The second-order valence-electron chi connectivity index (χ2n) is 9.43. The molecule has 0 fully saturated rings. The molecule has 10 nitrogen and oxygen atoms in total. The van der Waals surface area contributed by atoms with Crippen LogP contribution in [0.5, 0.6) is 0 Å². The maximum Gasteiger partial charge on any atom is 0.238 e. The van der Waals surface area contributed by atoms with Gasteiger partial charge in [-0.3, -0.25) is 20.2 Å². The molecule has 0 saturated carbocycles. The summed E-state index contributed by atoms with van der Waals surface area (Å²) in [5.74, 6) is 5.04. The standard InChI is InChI=1S/C28H22F2N6O4S/c1-15(28-23(17-4-2-5-18(29)12-17)27(37)24-20(30)6-3-7-22(24)40-28)36-21-13-33-14-35(31)26(21)25(34-36)16-8-10-19(11-9-16)41(32,38)39/h2-15,34H,31H2,1H3,(H2,32,38,39). The zero-order valence-corrected chi connectivity index (χ0v) is 22.2. The molecule has 2 aliphatic rings. The highest BCUT2D eigenvalue weighted by Gasteiger charge is 2.37. The van der Waals surface area contributed by atoms with Crippen LogP contribution >= 0.6 is 0 Å². The van der Waals surface area contributed by atoms with Gasteiger partial charge in [0.05, 0.1) is 22.4 Å². The van der Waals surface area contributed by atoms with Crippen LogP contribution in [-0.4, -0.2) is 24.8 Å². The molecule has 5 N–H and O–H groups in total. The molecule has 0 aliphatic carbocycles. The van der Waals surface area contributed by atoms with Gasteiger partial charge in [-0.15, -0.1) is 0 Å². The Morgan fingerprint density at radius 1 is 1.02 bits per heavy atom. The molecule has 1 atom stereocenters. The summed E-state index contributed by atoms with van der Waals surface area (Å²) < 4.78 is 58.8. The number of hydrogen-bond acceptors (Lipinski definition) is 9. The fourth-order valence-corrected chi connectivity index (χ4v) is 5.47. The zero-order valence-electron chi connectivity index (χ0n) is 21.4. The second kappa shape index (κ2) is 9.66. The van der Waals surface area contributed by atoms with Gasteiger partial charge in [-0.05, 0) is 48.9 Å². The number of hydrazine groups is 2. The topological polar surface area (TPSA) is 147 Å². The van der Waals surface area contributed by atoms with E-state index in [1.807, 2.05) is 0 Å². The normalized spacial score (nSPS) is 15.7. The van der Waals surface area contributed by atoms with E-state index in [4.69, 9.17) is 15.4 Å². The zero-order chi connectivity index (χ0) is 29.1. The Morgan fingerprint density at radius 2 is 1.76 bits per heavy atom. The smallest absolute Gasteiger partial charge is 0.238 e. The van der Waals surface area contributed by atoms with Crippen molar-refractivity contribution in [1.82, 2.24) is 15.4 Å². The molecular weight excluding hydrogens is 554 g/mol. The maximum absolute atomic E-state index is 14.8. The van der Waals surface area contributed by atoms with Crippen molar-refractivity contribution in [2.75, 3.05) is 0 Å². The fraction of sp³-hybridized carbons (Fsp3) is 0.0714. The van der Waals surface area contributed by atoms with Gasteiger partial charge in [-0.1, -0.05) is 30.3 Å². The molecule has 3 heterocycles. The first-order valence-corrected chi connectivity index (χ1v) is 13.8. The van der Waals surface area contributed by atoms with E-state index < -0.39 is 33.1 Å². The number of primary sulfonamides is 1. The molecule has 6 rings (SSSR count). The highest BCUT2D eigenvalue weighted by molar-refractivity contribution is 7.89. The van der Waals surface area contributed by atoms with Crippen LogP contribution in [0.25, 0.3) is 27.8 Å². The summed E-state index contributed by atoms with van der Waals surface area (Å²) in [6.07, 6.45) is 2.94. The highest BCUT2D eigenvalue weighted by atomic mass is 32.2. The molecule has 2 aliphatic heterocycles. The van der Waals surface area contributed by atoms with E-state index in [-0.39, 0.29) is 32.8 Å². The number of halogens is 2. The Labute approximate surface area is 232 Å². The van der Waals surface area contributed by atoms with E-state index in [2.05, 4.69) is 10.4 Å². The van der Waals surface area contributed by atoms with Gasteiger partial charge in [-0.25, -0.2) is 33.2 Å². The van der Waals surface area contributed by atoms with Crippen molar-refractivity contribution >= 4 is 33.0 Å². The number of sulfonamides is 1. The van der Waals surface area contributed by atoms with Crippen molar-refractivity contribution in [2.45, 2.75) is 17.9 Å². The average molecular weight is 577 g/mol. The van der Waals surface area contributed by atoms with Crippen LogP contribution in [0, 0.1) is 11.6 Å². The third-order valence-corrected chi connectivity index (χ3v) is 7.79. The monoisotopic (exact) mass is 576 g/mol. The first kappa shape index (κ1) is 26.4. The predicted molar refractivity (Wildman–Crippen MR) is 149 cm³/mol. The number of nitrogens with zero attached hydrogens (tertiary/aromatic N) is 3. The van der Waals surface area contributed by atoms with Gasteiger partial charge in [0, 0.05) is 5.56 Å². The van der Waals surface area contributed by atoms with Crippen LogP contribution in [0.2, 0.25) is 0 Å². The van der Waals surface area contributed by atoms with E-state index in [1.54, 1.807) is 36.3 Å². The van der Waals surface area contributed by atoms with E-state index in [0.717, 1.165) is 6.07 Å². The van der Waals surface area contributed by atoms with E-state index in [9.17, 15) is 22.0 Å². The van der Waals surface area contributed by atoms with Gasteiger partial charge in [0.25, 0.3) is 0 Å². The van der Waals surface area contributed by atoms with Crippen LogP contribution < -0.4 is 21.8 Å². The highest BCUT2D eigenvalue weighted by Crippen LogP contribution is 2.40. The van der Waals surface area contributed by atoms with Gasteiger partial charge in [-0.2, -0.15) is 0 Å². The minimum atomic E-state index is -3.91. The summed E-state index contributed by atoms with van der Waals surface area (Å²) in [4.78, 5) is 17.9. The number of nitrogens with one attached hydrogen (secondary N) is 1. The lowest BCUT2D eigenvalue weighted by Gasteiger charge is -2.30. The molecule has 4 aromatic rings. The molecule has 0 radical (unpaired) electrons. The van der Waals surface area contributed by atoms with Crippen molar-refractivity contribution in [2.24, 2.45) is 16.0 Å². The Morgan fingerprint density at radius 3 is 2.46 bits per heavy atom. The predicted octanol–water partition coefficient (Wildman–Crippen LogP) is 3.69. The summed E-state index contributed by atoms with van der Waals surface area (Å²) >= 11 is 0. The second-order valence-corrected chi connectivity index (χ2v) is 11.0. The first-order valence-electron chi connectivity index (χ1n) is 12.3. The van der Waals surface area contributed by atoms with Crippen molar-refractivity contribution in [1.29, 1.82) is 0 Å². The van der Waals surface area contributed by atoms with E-state index in [0.29, 0.717) is 22.7 Å². The van der Waals surface area contributed by atoms with Gasteiger partial charge in [0.15, 0.2) is 0 Å². The molecule has 41 heavy (non-hydrogen) atoms. The number of hydrogen-bond donors (Lipinski definition) is 3. The number of rotatable bonds is 5. The molecule has 208 valence electrons. The van der Waals surface area contributed by atoms with Crippen LogP contribution in [0.3, 0.4) is 0 Å².